The highest BCUT2D eigenvalue weighted by Gasteiger charge is 2.41. The first-order valence-electron chi connectivity index (χ1n) is 11.5. The highest BCUT2D eigenvalue weighted by molar-refractivity contribution is 8.01. The average Bonchev–Trinajstić information content (AvgIpc) is 3.41. The molecule has 0 spiro atoms. The molecule has 0 aromatic carbocycles. The SMILES string of the molecule is C=S(C)(C)=NC1CCN(c2ccc(-c3cc(OCC4(O)CC4)cn4ncc(C#N)c34)cn2)CC1. The molecule has 1 N–H and O–H groups in total. The van der Waals surface area contributed by atoms with Crippen molar-refractivity contribution in [2.45, 2.75) is 37.3 Å². The summed E-state index contributed by atoms with van der Waals surface area (Å²) in [5, 5.41) is 24.1. The summed E-state index contributed by atoms with van der Waals surface area (Å²) in [7, 11) is -1.09. The molecule has 1 aliphatic heterocycles. The van der Waals surface area contributed by atoms with Crippen molar-refractivity contribution in [1.29, 1.82) is 5.26 Å². The van der Waals surface area contributed by atoms with E-state index in [0.29, 0.717) is 17.4 Å². The number of ether oxygens (including phenoxy) is 1. The Kier molecular flexibility index (Phi) is 5.74. The first kappa shape index (κ1) is 22.7. The van der Waals surface area contributed by atoms with Gasteiger partial charge in [-0.2, -0.15) is 10.4 Å². The summed E-state index contributed by atoms with van der Waals surface area (Å²) in [5.41, 5.74) is 2.20. The Morgan fingerprint density at radius 1 is 1.29 bits per heavy atom. The zero-order chi connectivity index (χ0) is 23.9. The van der Waals surface area contributed by atoms with Crippen molar-refractivity contribution < 1.29 is 9.84 Å². The van der Waals surface area contributed by atoms with Crippen molar-refractivity contribution in [2.75, 3.05) is 37.1 Å². The molecule has 0 atom stereocenters. The highest BCUT2D eigenvalue weighted by atomic mass is 32.2. The predicted octanol–water partition coefficient (Wildman–Crippen LogP) is 3.17. The van der Waals surface area contributed by atoms with Gasteiger partial charge in [0.1, 0.15) is 24.2 Å². The molecule has 178 valence electrons. The van der Waals surface area contributed by atoms with Crippen molar-refractivity contribution in [3.63, 3.8) is 0 Å². The van der Waals surface area contributed by atoms with Gasteiger partial charge >= 0.3 is 0 Å². The standard InChI is InChI=1S/C25H30N6O2S/c1-34(2,3)29-20-6-10-30(11-7-20)23-5-4-18(14-27-23)22-12-21(33-17-25(32)8-9-25)16-31-24(22)19(13-26)15-28-31/h4-5,12,14-16,20,32H,1,6-11,17H2,2-3H3. The third-order valence-electron chi connectivity index (χ3n) is 6.32. The third kappa shape index (κ3) is 4.88. The van der Waals surface area contributed by atoms with Gasteiger partial charge in [0.15, 0.2) is 0 Å². The van der Waals surface area contributed by atoms with Crippen LogP contribution in [-0.4, -0.2) is 69.4 Å². The zero-order valence-corrected chi connectivity index (χ0v) is 20.5. The van der Waals surface area contributed by atoms with Crippen LogP contribution in [0.1, 0.15) is 31.2 Å². The maximum Gasteiger partial charge on any atom is 0.138 e. The molecule has 34 heavy (non-hydrogen) atoms. The molecule has 3 aromatic heterocycles. The quantitative estimate of drug-likeness (QED) is 0.547. The van der Waals surface area contributed by atoms with Gasteiger partial charge in [-0.3, -0.25) is 4.36 Å². The van der Waals surface area contributed by atoms with Gasteiger partial charge in [-0.05, 0) is 56.4 Å². The Hall–Kier alpha value is -3.09. The van der Waals surface area contributed by atoms with E-state index in [1.54, 1.807) is 16.9 Å². The number of piperidine rings is 1. The number of aliphatic hydroxyl groups is 1. The normalized spacial score (nSPS) is 18.0. The Morgan fingerprint density at radius 3 is 2.68 bits per heavy atom. The van der Waals surface area contributed by atoms with Crippen molar-refractivity contribution in [3.8, 4) is 22.9 Å². The molecule has 3 aromatic rings. The van der Waals surface area contributed by atoms with Crippen LogP contribution in [0.15, 0.2) is 41.2 Å². The van der Waals surface area contributed by atoms with E-state index in [2.05, 4.69) is 34.4 Å². The number of aromatic nitrogens is 3. The number of hydrogen-bond donors (Lipinski definition) is 1. The van der Waals surface area contributed by atoms with Crippen LogP contribution in [0.4, 0.5) is 5.82 Å². The van der Waals surface area contributed by atoms with Crippen LogP contribution in [-0.2, 0) is 9.41 Å². The zero-order valence-electron chi connectivity index (χ0n) is 19.6. The summed E-state index contributed by atoms with van der Waals surface area (Å²) in [4.78, 5) is 7.04. The molecule has 0 radical (unpaired) electrons. The number of pyridine rings is 2. The molecule has 2 fully saturated rings. The molecule has 0 amide bonds. The maximum atomic E-state index is 10.1. The average molecular weight is 479 g/mol. The van der Waals surface area contributed by atoms with Crippen LogP contribution in [0.5, 0.6) is 5.75 Å². The van der Waals surface area contributed by atoms with Crippen molar-refractivity contribution in [2.24, 2.45) is 4.36 Å². The second kappa shape index (κ2) is 8.60. The van der Waals surface area contributed by atoms with Crippen molar-refractivity contribution in [1.82, 2.24) is 14.6 Å². The van der Waals surface area contributed by atoms with Gasteiger partial charge in [0, 0.05) is 30.4 Å². The minimum atomic E-state index is -1.09. The summed E-state index contributed by atoms with van der Waals surface area (Å²) in [5.74, 6) is 5.73. The monoisotopic (exact) mass is 478 g/mol. The maximum absolute atomic E-state index is 10.1. The van der Waals surface area contributed by atoms with Crippen LogP contribution >= 0.6 is 0 Å². The molecule has 8 nitrogen and oxygen atoms in total. The topological polar surface area (TPSA) is 99.0 Å². The minimum Gasteiger partial charge on any atom is -0.489 e. The van der Waals surface area contributed by atoms with Crippen molar-refractivity contribution >= 4 is 26.6 Å². The van der Waals surface area contributed by atoms with Gasteiger partial charge in [-0.15, -0.1) is 9.41 Å². The predicted molar refractivity (Wildman–Crippen MR) is 137 cm³/mol. The summed E-state index contributed by atoms with van der Waals surface area (Å²) >= 11 is 0. The number of hydrogen-bond acceptors (Lipinski definition) is 7. The minimum absolute atomic E-state index is 0.247. The van der Waals surface area contributed by atoms with E-state index in [-0.39, 0.29) is 6.61 Å². The Bertz CT molecular complexity index is 1360. The second-order valence-corrected chi connectivity index (χ2v) is 12.9. The van der Waals surface area contributed by atoms with Crippen LogP contribution in [0.2, 0.25) is 0 Å². The van der Waals surface area contributed by atoms with Gasteiger partial charge < -0.3 is 14.7 Å². The van der Waals surface area contributed by atoms with Crippen LogP contribution < -0.4 is 9.64 Å². The lowest BCUT2D eigenvalue weighted by molar-refractivity contribution is 0.0854. The number of fused-ring (bicyclic) bond motifs is 1. The second-order valence-electron chi connectivity index (χ2n) is 9.77. The number of anilines is 1. The van der Waals surface area contributed by atoms with Gasteiger partial charge in [0.05, 0.1) is 35.1 Å². The van der Waals surface area contributed by atoms with E-state index >= 15 is 0 Å². The van der Waals surface area contributed by atoms with Gasteiger partial charge in [0.25, 0.3) is 0 Å². The first-order chi connectivity index (χ1) is 16.2. The molecule has 1 saturated carbocycles. The first-order valence-corrected chi connectivity index (χ1v) is 14.1. The molecule has 1 aliphatic carbocycles. The smallest absolute Gasteiger partial charge is 0.138 e. The van der Waals surface area contributed by atoms with Crippen LogP contribution in [0.3, 0.4) is 0 Å². The highest BCUT2D eigenvalue weighted by Crippen LogP contribution is 2.37. The van der Waals surface area contributed by atoms with Crippen molar-refractivity contribution in [3.05, 3.63) is 42.4 Å². The summed E-state index contributed by atoms with van der Waals surface area (Å²) < 4.78 is 12.4. The Balaban J connectivity index is 1.39. The summed E-state index contributed by atoms with van der Waals surface area (Å²) in [6.07, 6.45) is 13.0. The van der Waals surface area contributed by atoms with E-state index in [1.165, 1.54) is 0 Å². The molecule has 1 saturated heterocycles. The summed E-state index contributed by atoms with van der Waals surface area (Å²) in [6.45, 7) is 2.10. The lowest BCUT2D eigenvalue weighted by atomic mass is 10.0. The van der Waals surface area contributed by atoms with E-state index in [1.807, 2.05) is 24.4 Å². The molecule has 4 heterocycles. The molecular formula is C25H30N6O2S. The van der Waals surface area contributed by atoms with Crippen LogP contribution in [0, 0.1) is 11.3 Å². The van der Waals surface area contributed by atoms with Gasteiger partial charge in [-0.25, -0.2) is 9.50 Å². The largest absolute Gasteiger partial charge is 0.489 e. The van der Waals surface area contributed by atoms with E-state index < -0.39 is 15.0 Å². The molecule has 2 aliphatic rings. The molecular weight excluding hydrogens is 448 g/mol. The molecule has 0 bridgehead atoms. The third-order valence-corrected chi connectivity index (χ3v) is 7.19. The summed E-state index contributed by atoms with van der Waals surface area (Å²) in [6, 6.07) is 8.57. The van der Waals surface area contributed by atoms with Crippen LogP contribution in [0.25, 0.3) is 16.6 Å². The van der Waals surface area contributed by atoms with E-state index in [0.717, 1.165) is 61.2 Å². The Morgan fingerprint density at radius 2 is 2.06 bits per heavy atom. The lowest BCUT2D eigenvalue weighted by Crippen LogP contribution is -2.36. The number of rotatable bonds is 6. The fourth-order valence-corrected chi connectivity index (χ4v) is 5.34. The molecule has 5 rings (SSSR count). The molecule has 0 unspecified atom stereocenters. The Labute approximate surface area is 200 Å². The number of nitriles is 1. The lowest BCUT2D eigenvalue weighted by Gasteiger charge is -2.31. The fourth-order valence-electron chi connectivity index (χ4n) is 4.32. The number of nitrogens with zero attached hydrogens (tertiary/aromatic N) is 6. The van der Waals surface area contributed by atoms with Gasteiger partial charge in [-0.1, -0.05) is 5.87 Å². The van der Waals surface area contributed by atoms with E-state index in [9.17, 15) is 10.4 Å². The fraction of sp³-hybridized carbons (Fsp3) is 0.440. The van der Waals surface area contributed by atoms with Gasteiger partial charge in [0.2, 0.25) is 0 Å². The molecule has 9 heteroatoms. The van der Waals surface area contributed by atoms with E-state index in [4.69, 9.17) is 14.1 Å².